The number of aliphatic hydroxyl groups is 1. The Balaban J connectivity index is 1.41. The number of amidine groups is 1. The third-order valence-electron chi connectivity index (χ3n) is 5.36. The van der Waals surface area contributed by atoms with E-state index in [-0.39, 0.29) is 5.88 Å². The minimum absolute atomic E-state index is 0.124. The molecule has 0 spiro atoms. The number of benzene rings is 1. The highest BCUT2D eigenvalue weighted by Gasteiger charge is 2.27. The summed E-state index contributed by atoms with van der Waals surface area (Å²) >= 11 is 0. The summed E-state index contributed by atoms with van der Waals surface area (Å²) in [5.41, 5.74) is 2.12. The minimum Gasteiger partial charge on any atom is -0.494 e. The van der Waals surface area contributed by atoms with E-state index in [2.05, 4.69) is 15.2 Å². The van der Waals surface area contributed by atoms with Gasteiger partial charge in [-0.2, -0.15) is 0 Å². The van der Waals surface area contributed by atoms with Crippen molar-refractivity contribution in [1.82, 2.24) is 10.2 Å². The molecule has 1 aromatic carbocycles. The van der Waals surface area contributed by atoms with Gasteiger partial charge in [-0.15, -0.1) is 0 Å². The monoisotopic (exact) mass is 396 g/mol. The molecular weight excluding hydrogens is 368 g/mol. The summed E-state index contributed by atoms with van der Waals surface area (Å²) in [6.45, 7) is 6.12. The first-order valence-corrected chi connectivity index (χ1v) is 10.1. The van der Waals surface area contributed by atoms with Crippen LogP contribution < -0.4 is 15.0 Å². The molecule has 154 valence electrons. The van der Waals surface area contributed by atoms with Crippen LogP contribution in [0.25, 0.3) is 0 Å². The molecule has 0 atom stereocenters. The van der Waals surface area contributed by atoms with Gasteiger partial charge in [-0.05, 0) is 63.5 Å². The lowest BCUT2D eigenvalue weighted by molar-refractivity contribution is 0.263. The second-order valence-corrected chi connectivity index (χ2v) is 7.36. The van der Waals surface area contributed by atoms with Crippen LogP contribution in [0.15, 0.2) is 64.6 Å². The number of hydrogen-bond acceptors (Lipinski definition) is 7. The molecule has 1 fully saturated rings. The van der Waals surface area contributed by atoms with Gasteiger partial charge in [-0.3, -0.25) is 4.90 Å². The van der Waals surface area contributed by atoms with Gasteiger partial charge in [0.05, 0.1) is 30.7 Å². The van der Waals surface area contributed by atoms with Crippen molar-refractivity contribution in [3.05, 3.63) is 59.6 Å². The quantitative estimate of drug-likeness (QED) is 0.688. The minimum atomic E-state index is 0.124. The Morgan fingerprint density at radius 1 is 1.17 bits per heavy atom. The van der Waals surface area contributed by atoms with Crippen LogP contribution in [0.3, 0.4) is 0 Å². The number of rotatable bonds is 7. The Morgan fingerprint density at radius 2 is 1.93 bits per heavy atom. The number of nitrogens with one attached hydrogen (secondary N) is 1. The Hall–Kier alpha value is -2.93. The van der Waals surface area contributed by atoms with E-state index >= 15 is 0 Å². The van der Waals surface area contributed by atoms with Crippen LogP contribution in [-0.4, -0.2) is 49.2 Å². The molecule has 3 heterocycles. The lowest BCUT2D eigenvalue weighted by atomic mass is 10.1. The average Bonchev–Trinajstić information content (AvgIpc) is 3.26. The van der Waals surface area contributed by atoms with E-state index in [4.69, 9.17) is 9.47 Å². The Bertz CT molecular complexity index is 865. The largest absolute Gasteiger partial charge is 0.494 e. The smallest absolute Gasteiger partial charge is 0.206 e. The highest BCUT2D eigenvalue weighted by atomic mass is 16.5. The van der Waals surface area contributed by atoms with Crippen LogP contribution in [0.4, 0.5) is 5.69 Å². The molecule has 0 aromatic heterocycles. The van der Waals surface area contributed by atoms with Crippen LogP contribution in [-0.2, 0) is 4.74 Å². The molecule has 0 amide bonds. The number of allylic oxidation sites excluding steroid dienone is 1. The number of aliphatic imine (C=N–C) groups is 1. The second-order valence-electron chi connectivity index (χ2n) is 7.36. The normalized spacial score (nSPS) is 19.2. The lowest BCUT2D eigenvalue weighted by Crippen LogP contribution is -2.33. The van der Waals surface area contributed by atoms with Crippen molar-refractivity contribution in [3.8, 4) is 5.75 Å². The zero-order valence-corrected chi connectivity index (χ0v) is 17.0. The summed E-state index contributed by atoms with van der Waals surface area (Å²) in [4.78, 5) is 8.80. The number of methoxy groups -OCH3 is 1. The van der Waals surface area contributed by atoms with E-state index in [0.29, 0.717) is 29.6 Å². The van der Waals surface area contributed by atoms with Gasteiger partial charge in [0.15, 0.2) is 5.88 Å². The van der Waals surface area contributed by atoms with Crippen LogP contribution in [0.2, 0.25) is 0 Å². The summed E-state index contributed by atoms with van der Waals surface area (Å²) in [5.74, 6) is 2.20. The highest BCUT2D eigenvalue weighted by molar-refractivity contribution is 6.01. The Kier molecular flexibility index (Phi) is 5.76. The van der Waals surface area contributed by atoms with Crippen molar-refractivity contribution < 1.29 is 14.6 Å². The van der Waals surface area contributed by atoms with E-state index in [9.17, 15) is 5.11 Å². The molecule has 0 radical (unpaired) electrons. The second kappa shape index (κ2) is 8.61. The molecule has 0 bridgehead atoms. The first-order chi connectivity index (χ1) is 14.2. The van der Waals surface area contributed by atoms with Crippen molar-refractivity contribution in [2.75, 3.05) is 38.3 Å². The van der Waals surface area contributed by atoms with Crippen LogP contribution in [0.1, 0.15) is 26.2 Å². The fourth-order valence-electron chi connectivity index (χ4n) is 3.84. The maximum absolute atomic E-state index is 10.9. The number of fused-ring (bicyclic) bond motifs is 1. The molecular formula is C22H28N4O3. The van der Waals surface area contributed by atoms with Gasteiger partial charge in [0.25, 0.3) is 0 Å². The molecule has 29 heavy (non-hydrogen) atoms. The first-order valence-electron chi connectivity index (χ1n) is 10.1. The SMILES string of the molecule is COC1=CC2=C(O)N(c3ccc(OCCCN4CCCC4)cc3)C(C)=NC2=CN1. The number of nitrogens with zero attached hydrogens (tertiary/aromatic N) is 3. The predicted octanol–water partition coefficient (Wildman–Crippen LogP) is 3.49. The van der Waals surface area contributed by atoms with Crippen molar-refractivity contribution in [2.24, 2.45) is 4.99 Å². The summed E-state index contributed by atoms with van der Waals surface area (Å²) < 4.78 is 11.1. The summed E-state index contributed by atoms with van der Waals surface area (Å²) in [6.07, 6.45) is 7.14. The number of hydrogen-bond donors (Lipinski definition) is 2. The van der Waals surface area contributed by atoms with Crippen molar-refractivity contribution in [2.45, 2.75) is 26.2 Å². The fraction of sp³-hybridized carbons (Fsp3) is 0.409. The van der Waals surface area contributed by atoms with Gasteiger partial charge >= 0.3 is 0 Å². The average molecular weight is 396 g/mol. The topological polar surface area (TPSA) is 69.6 Å². The van der Waals surface area contributed by atoms with Gasteiger partial charge in [0.2, 0.25) is 5.88 Å². The molecule has 7 nitrogen and oxygen atoms in total. The number of likely N-dealkylation sites (tertiary alicyclic amines) is 1. The lowest BCUT2D eigenvalue weighted by Gasteiger charge is -2.30. The maximum atomic E-state index is 10.9. The standard InChI is InChI=1S/C22H28N4O3/c1-16-24-20-15-23-21(28-2)14-19(20)22(27)26(16)17-6-8-18(9-7-17)29-13-5-12-25-10-3-4-11-25/h6-9,14-15,23,27H,3-5,10-13H2,1-2H3. The van der Waals surface area contributed by atoms with Crippen LogP contribution in [0, 0.1) is 0 Å². The molecule has 0 aliphatic carbocycles. The van der Waals surface area contributed by atoms with E-state index in [1.165, 1.54) is 25.9 Å². The van der Waals surface area contributed by atoms with Crippen molar-refractivity contribution in [1.29, 1.82) is 0 Å². The number of dihydropyridines is 1. The molecule has 3 aliphatic rings. The molecule has 3 aliphatic heterocycles. The number of anilines is 1. The molecule has 1 saturated heterocycles. The number of aliphatic hydroxyl groups excluding tert-OH is 1. The van der Waals surface area contributed by atoms with Gasteiger partial charge in [-0.1, -0.05) is 0 Å². The number of ether oxygens (including phenoxy) is 2. The predicted molar refractivity (Wildman–Crippen MR) is 114 cm³/mol. The summed E-state index contributed by atoms with van der Waals surface area (Å²) in [7, 11) is 1.58. The van der Waals surface area contributed by atoms with Crippen LogP contribution >= 0.6 is 0 Å². The molecule has 0 unspecified atom stereocenters. The highest BCUT2D eigenvalue weighted by Crippen LogP contribution is 2.32. The summed E-state index contributed by atoms with van der Waals surface area (Å²) in [5, 5.41) is 13.9. The maximum Gasteiger partial charge on any atom is 0.206 e. The Morgan fingerprint density at radius 3 is 2.66 bits per heavy atom. The van der Waals surface area contributed by atoms with Gasteiger partial charge < -0.3 is 24.8 Å². The van der Waals surface area contributed by atoms with E-state index in [1.54, 1.807) is 24.3 Å². The fourth-order valence-corrected chi connectivity index (χ4v) is 3.84. The van der Waals surface area contributed by atoms with Gasteiger partial charge in [0.1, 0.15) is 11.6 Å². The van der Waals surface area contributed by atoms with E-state index in [0.717, 1.165) is 24.4 Å². The van der Waals surface area contributed by atoms with Crippen LogP contribution in [0.5, 0.6) is 5.75 Å². The zero-order chi connectivity index (χ0) is 20.2. The van der Waals surface area contributed by atoms with Gasteiger partial charge in [0, 0.05) is 18.8 Å². The third-order valence-corrected chi connectivity index (χ3v) is 5.36. The third kappa shape index (κ3) is 4.24. The Labute approximate surface area is 171 Å². The van der Waals surface area contributed by atoms with Gasteiger partial charge in [-0.25, -0.2) is 4.99 Å². The molecule has 2 N–H and O–H groups in total. The first kappa shape index (κ1) is 19.4. The van der Waals surface area contributed by atoms with Crippen molar-refractivity contribution >= 4 is 11.5 Å². The molecule has 4 rings (SSSR count). The summed E-state index contributed by atoms with van der Waals surface area (Å²) in [6, 6.07) is 7.73. The zero-order valence-electron chi connectivity index (χ0n) is 17.0. The molecule has 7 heteroatoms. The molecule has 1 aromatic rings. The van der Waals surface area contributed by atoms with Crippen molar-refractivity contribution in [3.63, 3.8) is 0 Å². The van der Waals surface area contributed by atoms with E-state index in [1.807, 2.05) is 31.2 Å². The van der Waals surface area contributed by atoms with E-state index < -0.39 is 0 Å². The molecule has 0 saturated carbocycles.